The summed E-state index contributed by atoms with van der Waals surface area (Å²) in [5, 5.41) is 9.79. The molecule has 0 saturated carbocycles. The Hall–Kier alpha value is -2.97. The van der Waals surface area contributed by atoms with E-state index in [-0.39, 0.29) is 41.8 Å². The molecule has 1 heterocycles. The molecule has 2 aromatic carbocycles. The maximum Gasteiger partial charge on any atom is 0.256 e. The molecule has 1 aliphatic heterocycles. The van der Waals surface area contributed by atoms with Crippen molar-refractivity contribution in [2.45, 2.75) is 30.9 Å². The van der Waals surface area contributed by atoms with Crippen molar-refractivity contribution in [2.24, 2.45) is 5.92 Å². The normalized spacial score (nSPS) is 20.0. The van der Waals surface area contributed by atoms with Crippen molar-refractivity contribution >= 4 is 15.9 Å². The maximum absolute atomic E-state index is 14.2. The number of likely N-dealkylation sites (N-methyl/N-ethyl adjacent to an activating group) is 1. The van der Waals surface area contributed by atoms with E-state index in [9.17, 15) is 22.7 Å². The lowest BCUT2D eigenvalue weighted by atomic mass is 10.0. The van der Waals surface area contributed by atoms with E-state index in [1.165, 1.54) is 33.5 Å². The van der Waals surface area contributed by atoms with Gasteiger partial charge in [-0.05, 0) is 51.4 Å². The molecule has 0 fully saturated rings. The van der Waals surface area contributed by atoms with Crippen LogP contribution in [0.25, 0.3) is 0 Å². The van der Waals surface area contributed by atoms with Gasteiger partial charge in [0.05, 0.1) is 25.3 Å². The molecule has 1 aliphatic rings. The monoisotopic (exact) mass is 531 g/mol. The van der Waals surface area contributed by atoms with Crippen LogP contribution in [0.2, 0.25) is 0 Å². The number of carbonyl (C=O) groups excluding carboxylic acids is 1. The minimum Gasteiger partial charge on any atom is -0.487 e. The Balaban J connectivity index is 2.01. The number of aliphatic hydroxyl groups excluding tert-OH is 1. The number of amides is 1. The number of rotatable bonds is 6. The molecule has 0 saturated heterocycles. The van der Waals surface area contributed by atoms with Gasteiger partial charge in [0, 0.05) is 31.1 Å². The lowest BCUT2D eigenvalue weighted by Gasteiger charge is -2.37. The third-order valence-electron chi connectivity index (χ3n) is 6.20. The van der Waals surface area contributed by atoms with E-state index in [1.807, 2.05) is 25.9 Å². The second-order valence-corrected chi connectivity index (χ2v) is 11.5. The molecule has 0 radical (unpaired) electrons. The highest BCUT2D eigenvalue weighted by Gasteiger charge is 2.38. The van der Waals surface area contributed by atoms with Gasteiger partial charge in [-0.25, -0.2) is 12.8 Å². The van der Waals surface area contributed by atoms with Gasteiger partial charge in [-0.3, -0.25) is 9.69 Å². The summed E-state index contributed by atoms with van der Waals surface area (Å²) in [6.07, 6.45) is -0.617. The molecule has 2 aromatic rings. The fourth-order valence-electron chi connectivity index (χ4n) is 4.01. The van der Waals surface area contributed by atoms with Crippen LogP contribution in [-0.4, -0.2) is 93.1 Å². The molecule has 3 rings (SSSR count). The van der Waals surface area contributed by atoms with Crippen LogP contribution in [0.4, 0.5) is 4.39 Å². The maximum atomic E-state index is 14.2. The Bertz CT molecular complexity index is 1290. The van der Waals surface area contributed by atoms with Crippen LogP contribution in [0.5, 0.6) is 5.75 Å². The molecular weight excluding hydrogens is 497 g/mol. The van der Waals surface area contributed by atoms with Crippen LogP contribution in [0.15, 0.2) is 47.4 Å². The quantitative estimate of drug-likeness (QED) is 0.576. The molecule has 1 amide bonds. The summed E-state index contributed by atoms with van der Waals surface area (Å²) in [5.41, 5.74) is 0.528. The molecule has 0 aromatic heterocycles. The van der Waals surface area contributed by atoms with Gasteiger partial charge in [-0.2, -0.15) is 4.31 Å². The van der Waals surface area contributed by atoms with Gasteiger partial charge in [-0.1, -0.05) is 30.9 Å². The first kappa shape index (κ1) is 28.6. The molecule has 1 N–H and O–H groups in total. The van der Waals surface area contributed by atoms with E-state index < -0.39 is 33.9 Å². The lowest BCUT2D eigenvalue weighted by Crippen LogP contribution is -2.50. The highest BCUT2D eigenvalue weighted by Crippen LogP contribution is 2.34. The molecule has 0 unspecified atom stereocenters. The van der Waals surface area contributed by atoms with Crippen LogP contribution in [0.1, 0.15) is 29.8 Å². The molecular formula is C27H34FN3O5S. The first-order valence-corrected chi connectivity index (χ1v) is 13.5. The summed E-state index contributed by atoms with van der Waals surface area (Å²) in [6.45, 7) is 3.79. The minimum absolute atomic E-state index is 0.0362. The topological polar surface area (TPSA) is 90.4 Å². The van der Waals surface area contributed by atoms with Crippen molar-refractivity contribution in [1.82, 2.24) is 14.1 Å². The van der Waals surface area contributed by atoms with Crippen LogP contribution in [0.3, 0.4) is 0 Å². The van der Waals surface area contributed by atoms with E-state index in [2.05, 4.69) is 11.8 Å². The number of halogens is 1. The van der Waals surface area contributed by atoms with Gasteiger partial charge in [0.2, 0.25) is 10.0 Å². The summed E-state index contributed by atoms with van der Waals surface area (Å²) >= 11 is 0. The van der Waals surface area contributed by atoms with Crippen molar-refractivity contribution in [1.29, 1.82) is 0 Å². The zero-order chi connectivity index (χ0) is 27.3. The summed E-state index contributed by atoms with van der Waals surface area (Å²) in [4.78, 5) is 16.2. The zero-order valence-electron chi connectivity index (χ0n) is 21.8. The Kier molecular flexibility index (Phi) is 9.31. The van der Waals surface area contributed by atoms with E-state index in [4.69, 9.17) is 4.74 Å². The number of ether oxygens (including phenoxy) is 1. The zero-order valence-corrected chi connectivity index (χ0v) is 22.6. The molecule has 10 heteroatoms. The Morgan fingerprint density at radius 3 is 2.59 bits per heavy atom. The summed E-state index contributed by atoms with van der Waals surface area (Å²) < 4.78 is 48.9. The number of aliphatic hydroxyl groups is 1. The molecule has 0 bridgehead atoms. The van der Waals surface area contributed by atoms with E-state index >= 15 is 0 Å². The summed E-state index contributed by atoms with van der Waals surface area (Å²) in [6, 6.07) is 9.75. The molecule has 0 aliphatic carbocycles. The van der Waals surface area contributed by atoms with Crippen LogP contribution in [-0.2, 0) is 10.0 Å². The molecule has 8 nitrogen and oxygen atoms in total. The van der Waals surface area contributed by atoms with Gasteiger partial charge in [0.15, 0.2) is 0 Å². The van der Waals surface area contributed by atoms with Gasteiger partial charge < -0.3 is 14.7 Å². The van der Waals surface area contributed by atoms with E-state index in [1.54, 1.807) is 32.2 Å². The Labute approximate surface area is 218 Å². The average Bonchev–Trinajstić information content (AvgIpc) is 2.85. The molecule has 3 atom stereocenters. The molecule has 200 valence electrons. The lowest BCUT2D eigenvalue weighted by molar-refractivity contribution is 0.0560. The Morgan fingerprint density at radius 1 is 1.24 bits per heavy atom. The highest BCUT2D eigenvalue weighted by atomic mass is 32.2. The number of benzene rings is 2. The van der Waals surface area contributed by atoms with E-state index in [0.717, 1.165) is 0 Å². The van der Waals surface area contributed by atoms with Crippen molar-refractivity contribution in [3.8, 4) is 17.6 Å². The number of carbonyl (C=O) groups is 1. The third-order valence-corrected chi connectivity index (χ3v) is 8.22. The minimum atomic E-state index is -3.99. The van der Waals surface area contributed by atoms with Crippen molar-refractivity contribution in [2.75, 3.05) is 47.4 Å². The van der Waals surface area contributed by atoms with Gasteiger partial charge in [0.1, 0.15) is 22.6 Å². The summed E-state index contributed by atoms with van der Waals surface area (Å²) in [7, 11) is 1.35. The fraction of sp³-hybridized carbons (Fsp3) is 0.444. The number of fused-ring (bicyclic) bond motifs is 1. The van der Waals surface area contributed by atoms with Crippen LogP contribution < -0.4 is 4.74 Å². The SMILES string of the molecule is C[C@@H]1CN([C@@H](C)CO)S(=O)(=O)c2ccc(C#CCN(C)C)cc2O[C@@H]1CN(C)C(=O)c1ccccc1F. The summed E-state index contributed by atoms with van der Waals surface area (Å²) in [5.74, 6) is 4.67. The van der Waals surface area contributed by atoms with Crippen molar-refractivity contribution < 1.29 is 27.4 Å². The van der Waals surface area contributed by atoms with Crippen molar-refractivity contribution in [3.05, 3.63) is 59.4 Å². The Morgan fingerprint density at radius 2 is 1.95 bits per heavy atom. The number of nitrogens with zero attached hydrogens (tertiary/aromatic N) is 3. The standard InChI is InChI=1S/C27H34FN3O5S/c1-19-16-31(20(2)18-32)37(34,35)26-13-12-21(9-8-14-29(3)4)15-24(26)36-25(19)17-30(5)27(33)22-10-6-7-11-23(22)28/h6-7,10-13,15,19-20,25,32H,14,16-18H2,1-5H3/t19-,20+,25-/m1/s1. The third kappa shape index (κ3) is 6.67. The van der Waals surface area contributed by atoms with Crippen LogP contribution in [0, 0.1) is 23.6 Å². The smallest absolute Gasteiger partial charge is 0.256 e. The number of hydrogen-bond acceptors (Lipinski definition) is 6. The molecule has 0 spiro atoms. The molecule has 37 heavy (non-hydrogen) atoms. The van der Waals surface area contributed by atoms with Gasteiger partial charge >= 0.3 is 0 Å². The second kappa shape index (κ2) is 12.0. The first-order chi connectivity index (χ1) is 17.4. The van der Waals surface area contributed by atoms with Gasteiger partial charge in [0.25, 0.3) is 5.91 Å². The average molecular weight is 532 g/mol. The highest BCUT2D eigenvalue weighted by molar-refractivity contribution is 7.89. The number of sulfonamides is 1. The first-order valence-electron chi connectivity index (χ1n) is 12.0. The van der Waals surface area contributed by atoms with Crippen LogP contribution >= 0.6 is 0 Å². The largest absolute Gasteiger partial charge is 0.487 e. The van der Waals surface area contributed by atoms with E-state index in [0.29, 0.717) is 12.1 Å². The number of hydrogen-bond donors (Lipinski definition) is 1. The predicted octanol–water partition coefficient (Wildman–Crippen LogP) is 2.28. The fourth-order valence-corrected chi connectivity index (χ4v) is 5.84. The second-order valence-electron chi connectivity index (χ2n) is 9.61. The predicted molar refractivity (Wildman–Crippen MR) is 139 cm³/mol. The van der Waals surface area contributed by atoms with Gasteiger partial charge in [-0.15, -0.1) is 0 Å². The van der Waals surface area contributed by atoms with Crippen molar-refractivity contribution in [3.63, 3.8) is 0 Å².